The third kappa shape index (κ3) is 20.9. The number of rotatable bonds is 36. The van der Waals surface area contributed by atoms with Crippen LogP contribution in [0.15, 0.2) is 59.8 Å². The Labute approximate surface area is 649 Å². The van der Waals surface area contributed by atoms with E-state index in [1.165, 1.54) is 54.1 Å². The molecule has 4 saturated heterocycles. The number of fused-ring (bicyclic) bond motifs is 6. The molecule has 0 aromatic heterocycles. The van der Waals surface area contributed by atoms with Crippen molar-refractivity contribution >= 4 is 112 Å². The summed E-state index contributed by atoms with van der Waals surface area (Å²) < 4.78 is 12.2. The van der Waals surface area contributed by atoms with Crippen molar-refractivity contribution in [3.8, 4) is 23.0 Å². The van der Waals surface area contributed by atoms with Crippen LogP contribution >= 0.6 is 12.2 Å². The first-order chi connectivity index (χ1) is 53.4. The van der Waals surface area contributed by atoms with Crippen LogP contribution in [0.4, 0.5) is 5.69 Å². The molecule has 112 heavy (non-hydrogen) atoms. The number of likely N-dealkylation sites (tertiary alicyclic amines) is 4. The molecule has 0 saturated carbocycles. The molecule has 1 unspecified atom stereocenters. The number of carboxylic acids is 3. The highest BCUT2D eigenvalue weighted by atomic mass is 32.1. The summed E-state index contributed by atoms with van der Waals surface area (Å²) in [5.74, 6) is -12.8. The number of carbonyl (C=O) groups excluding carboxylic acids is 11. The normalized spacial score (nSPS) is 20.2. The number of aliphatic hydroxyl groups excluding tert-OH is 1. The third-order valence-corrected chi connectivity index (χ3v) is 20.9. The number of anilines is 1. The van der Waals surface area contributed by atoms with Gasteiger partial charge in [-0.25, -0.2) is 4.79 Å². The average Bonchev–Trinajstić information content (AvgIpc) is 1.51. The zero-order valence-electron chi connectivity index (χ0n) is 62.4. The number of amides is 10. The van der Waals surface area contributed by atoms with E-state index in [1.807, 2.05) is 6.92 Å². The Morgan fingerprint density at radius 3 is 1.85 bits per heavy atom. The van der Waals surface area contributed by atoms with E-state index in [9.17, 15) is 97.8 Å². The van der Waals surface area contributed by atoms with Gasteiger partial charge in [0, 0.05) is 99.0 Å². The first kappa shape index (κ1) is 84.8. The number of primary amides is 1. The minimum Gasteiger partial charge on any atom is -0.508 e. The number of aliphatic carboxylic acids is 3. The van der Waals surface area contributed by atoms with Crippen LogP contribution in [0.1, 0.15) is 183 Å². The Balaban J connectivity index is 0.784. The van der Waals surface area contributed by atoms with E-state index < -0.39 is 188 Å². The van der Waals surface area contributed by atoms with Crippen LogP contribution in [-0.4, -0.2) is 244 Å². The molecular weight excluding hydrogens is 1480 g/mol. The molecule has 15 N–H and O–H groups in total. The SMILES string of the molecule is CCCCC/C=N\O[C@@H]1C[C@@H](C(=O)N[C@@H](CCC(=O)O)C(=O)N[C@@H](CCC(=O)O)C(N)=O)N(C(=O)C2CCCCN2C(=O)[C@H](C)NC(=O)[C@@H](NC(=O)[C@@H]2CCCN2C(=O)[C@H](CCC(=O)O)NC(=O)[C@@H]2CCCN2C(=O)CCCCNC(=S)Nc2ccc3c(c2)C2(OC3=O)c3ccc(O)cc3Oc3cc(O)ccc32)[C@@H](C)O)C1. The van der Waals surface area contributed by atoms with E-state index in [0.29, 0.717) is 67.4 Å². The predicted octanol–water partition coefficient (Wildman–Crippen LogP) is 1.94. The summed E-state index contributed by atoms with van der Waals surface area (Å²) in [5.41, 5.74) is 6.02. The topological polar surface area (TPSA) is 524 Å². The largest absolute Gasteiger partial charge is 0.508 e. The van der Waals surface area contributed by atoms with Gasteiger partial charge in [-0.15, -0.1) is 0 Å². The van der Waals surface area contributed by atoms with Gasteiger partial charge in [-0.2, -0.15) is 0 Å². The number of esters is 1. The molecule has 6 aliphatic rings. The van der Waals surface area contributed by atoms with Gasteiger partial charge in [0.2, 0.25) is 59.1 Å². The fraction of sp³-hybridized carbons (Fsp3) is 0.547. The number of phenols is 2. The first-order valence-electron chi connectivity index (χ1n) is 37.7. The summed E-state index contributed by atoms with van der Waals surface area (Å²) in [6.07, 6.45) is 1.57. The Hall–Kier alpha value is -11.2. The summed E-state index contributed by atoms with van der Waals surface area (Å²) in [4.78, 5) is 200. The summed E-state index contributed by atoms with van der Waals surface area (Å²) in [6.45, 7) is 4.77. The van der Waals surface area contributed by atoms with Crippen molar-refractivity contribution in [3.63, 3.8) is 0 Å². The average molecular weight is 1580 g/mol. The highest BCUT2D eigenvalue weighted by molar-refractivity contribution is 7.80. The lowest BCUT2D eigenvalue weighted by Crippen LogP contribution is -2.62. The van der Waals surface area contributed by atoms with E-state index >= 15 is 0 Å². The van der Waals surface area contributed by atoms with Crippen molar-refractivity contribution in [1.82, 2.24) is 51.5 Å². The van der Waals surface area contributed by atoms with Crippen LogP contribution in [0, 0.1) is 0 Å². The molecule has 0 aliphatic carbocycles. The second kappa shape index (κ2) is 38.6. The minimum atomic E-state index is -1.75. The smallest absolute Gasteiger partial charge is 0.340 e. The number of carbonyl (C=O) groups is 14. The number of nitrogens with one attached hydrogen (secondary N) is 7. The number of aromatic hydroxyl groups is 2. The second-order valence-corrected chi connectivity index (χ2v) is 29.1. The molecule has 4 fully saturated rings. The van der Waals surface area contributed by atoms with Gasteiger partial charge in [0.1, 0.15) is 83.5 Å². The van der Waals surface area contributed by atoms with E-state index in [1.54, 1.807) is 30.3 Å². The maximum atomic E-state index is 14.9. The van der Waals surface area contributed by atoms with Gasteiger partial charge in [0.05, 0.1) is 18.2 Å². The van der Waals surface area contributed by atoms with Crippen LogP contribution in [0.25, 0.3) is 0 Å². The highest BCUT2D eigenvalue weighted by Crippen LogP contribution is 2.57. The van der Waals surface area contributed by atoms with Crippen LogP contribution in [0.3, 0.4) is 0 Å². The van der Waals surface area contributed by atoms with Gasteiger partial charge >= 0.3 is 23.9 Å². The molecule has 10 amide bonds. The molecule has 0 bridgehead atoms. The van der Waals surface area contributed by atoms with Crippen LogP contribution in [0.5, 0.6) is 23.0 Å². The van der Waals surface area contributed by atoms with Gasteiger partial charge in [0.25, 0.3) is 0 Å². The number of ether oxygens (including phenoxy) is 2. The van der Waals surface area contributed by atoms with Crippen molar-refractivity contribution < 1.29 is 112 Å². The van der Waals surface area contributed by atoms with Crippen molar-refractivity contribution in [2.45, 2.75) is 228 Å². The quantitative estimate of drug-likeness (QED) is 0.0130. The molecule has 3 aromatic rings. The number of nitrogens with zero attached hydrogens (tertiary/aromatic N) is 5. The summed E-state index contributed by atoms with van der Waals surface area (Å²) in [7, 11) is 0. The minimum absolute atomic E-state index is 0.00815. The number of piperidine rings is 1. The fourth-order valence-electron chi connectivity index (χ4n) is 14.9. The number of oxime groups is 1. The van der Waals surface area contributed by atoms with E-state index in [0.717, 1.165) is 29.1 Å². The molecule has 37 heteroatoms. The number of unbranched alkanes of at least 4 members (excludes halogenated alkanes) is 4. The lowest BCUT2D eigenvalue weighted by Gasteiger charge is -2.39. The number of thiocarbonyl (C=S) groups is 1. The standard InChI is InChI=1S/C75H97N13O23S/c1-4-5-6-9-31-78-111-45-38-56(68(103)82-51(25-28-61(95)96)65(100)81-50(64(76)99)24-27-60(93)94)88(39-45)72(107)55-14-8-11-32-87(55)70(105)40(2)79-69(104)63(41(3)89)84-67(102)54-16-13-34-86(54)71(106)52(26-29-62(97)98)83-66(101)53-15-12-33-85(53)59(92)17-7-10-30-77-74(112)80-42-18-21-46-49(35-42)75(110-73(46)108)47-22-19-43(90)36-57(47)109-58-37-44(91)20-23-48(58)75/h18-23,31,35-37,40-41,45,50-56,63,89-91H,4-17,24-30,32-34,38-39H2,1-3H3,(H2,76,99)(H,79,104)(H,81,100)(H,82,103)(H,83,101)(H,84,102)(H,93,94)(H,95,96)(H,97,98)(H2,77,80,112)/b78-31-/t40-,41+,45+,50-,51-,52-,53-,54-,55?,56-,63-/m0/s1. The molecule has 36 nitrogen and oxygen atoms in total. The van der Waals surface area contributed by atoms with Gasteiger partial charge in [-0.05, 0) is 158 Å². The van der Waals surface area contributed by atoms with Gasteiger partial charge < -0.3 is 108 Å². The third-order valence-electron chi connectivity index (χ3n) is 20.6. The maximum Gasteiger partial charge on any atom is 0.340 e. The zero-order valence-corrected chi connectivity index (χ0v) is 63.2. The molecular formula is C75H97N13O23S. The van der Waals surface area contributed by atoms with Gasteiger partial charge in [0.15, 0.2) is 10.7 Å². The Bertz CT molecular complexity index is 4070. The summed E-state index contributed by atoms with van der Waals surface area (Å²) in [6, 6.07) is 0.966. The van der Waals surface area contributed by atoms with E-state index in [2.05, 4.69) is 42.4 Å². The van der Waals surface area contributed by atoms with Crippen molar-refractivity contribution in [2.24, 2.45) is 10.9 Å². The molecule has 1 spiro atoms. The molecule has 3 aromatic carbocycles. The Morgan fingerprint density at radius 2 is 1.21 bits per heavy atom. The molecule has 11 atom stereocenters. The molecule has 0 radical (unpaired) electrons. The number of carboxylic acid groups (broad SMARTS) is 3. The molecule has 606 valence electrons. The van der Waals surface area contributed by atoms with Gasteiger partial charge in [-0.3, -0.25) is 62.3 Å². The number of nitrogens with two attached hydrogens (primary N) is 1. The van der Waals surface area contributed by atoms with Crippen LogP contribution in [-0.2, 0) is 77.5 Å². The fourth-order valence-corrected chi connectivity index (χ4v) is 15.1. The van der Waals surface area contributed by atoms with Crippen molar-refractivity contribution in [2.75, 3.05) is 38.0 Å². The maximum absolute atomic E-state index is 14.9. The zero-order chi connectivity index (χ0) is 81.3. The number of hydrogen-bond donors (Lipinski definition) is 14. The molecule has 6 heterocycles. The number of benzene rings is 3. The van der Waals surface area contributed by atoms with E-state index in [-0.39, 0.29) is 104 Å². The van der Waals surface area contributed by atoms with Gasteiger partial charge in [-0.1, -0.05) is 24.9 Å². The van der Waals surface area contributed by atoms with Crippen LogP contribution in [0.2, 0.25) is 0 Å². The number of hydrogen-bond acceptors (Lipinski definition) is 22. The Morgan fingerprint density at radius 1 is 0.634 bits per heavy atom. The highest BCUT2D eigenvalue weighted by Gasteiger charge is 2.55. The lowest BCUT2D eigenvalue weighted by atomic mass is 9.77. The molecule has 9 rings (SSSR count). The lowest BCUT2D eigenvalue weighted by molar-refractivity contribution is -0.151. The monoisotopic (exact) mass is 1580 g/mol. The first-order valence-corrected chi connectivity index (χ1v) is 38.1. The molecule has 6 aliphatic heterocycles. The van der Waals surface area contributed by atoms with Crippen molar-refractivity contribution in [1.29, 1.82) is 0 Å². The second-order valence-electron chi connectivity index (χ2n) is 28.7. The predicted molar refractivity (Wildman–Crippen MR) is 399 cm³/mol. The summed E-state index contributed by atoms with van der Waals surface area (Å²) in [5, 5.41) is 83.2. The van der Waals surface area contributed by atoms with E-state index in [4.69, 9.17) is 32.3 Å². The number of phenolic OH excluding ortho intramolecular Hbond substituents is 2. The van der Waals surface area contributed by atoms with Crippen molar-refractivity contribution in [3.05, 3.63) is 76.9 Å². The van der Waals surface area contributed by atoms with Crippen LogP contribution < -0.4 is 47.7 Å². The Kier molecular flexibility index (Phi) is 29.2. The summed E-state index contributed by atoms with van der Waals surface area (Å²) >= 11 is 5.63. The number of aliphatic hydroxyl groups is 1.